The van der Waals surface area contributed by atoms with Gasteiger partial charge in [0.05, 0.1) is 5.69 Å². The summed E-state index contributed by atoms with van der Waals surface area (Å²) in [5.74, 6) is 0.539. The maximum Gasteiger partial charge on any atom is 0.194 e. The molecular weight excluding hydrogens is 308 g/mol. The number of rotatable bonds is 2. The van der Waals surface area contributed by atoms with E-state index in [2.05, 4.69) is 26.2 Å². The predicted molar refractivity (Wildman–Crippen MR) is 71.5 cm³/mol. The smallest absolute Gasteiger partial charge is 0.194 e. The molecule has 0 atom stereocenters. The van der Waals surface area contributed by atoms with E-state index in [0.29, 0.717) is 16.1 Å². The Morgan fingerprint density at radius 3 is 2.58 bits per heavy atom. The fourth-order valence-corrected chi connectivity index (χ4v) is 2.08. The lowest BCUT2D eigenvalue weighted by atomic mass is 10.2. The van der Waals surface area contributed by atoms with Crippen molar-refractivity contribution in [3.05, 3.63) is 52.8 Å². The van der Waals surface area contributed by atoms with Crippen LogP contribution in [0.1, 0.15) is 5.69 Å². The molecule has 3 rings (SSSR count). The topological polar surface area (TPSA) is 67.6 Å². The van der Waals surface area contributed by atoms with Gasteiger partial charge in [0.15, 0.2) is 16.1 Å². The molecule has 0 spiro atoms. The van der Waals surface area contributed by atoms with E-state index in [0.717, 1.165) is 5.69 Å². The number of halogens is 1. The van der Waals surface area contributed by atoms with E-state index in [1.807, 2.05) is 36.4 Å². The molecule has 0 saturated carbocycles. The zero-order valence-electron chi connectivity index (χ0n) is 9.62. The fourth-order valence-electron chi connectivity index (χ4n) is 1.77. The van der Waals surface area contributed by atoms with Crippen LogP contribution >= 0.6 is 15.9 Å². The van der Waals surface area contributed by atoms with Crippen LogP contribution in [-0.4, -0.2) is 15.0 Å². The van der Waals surface area contributed by atoms with Crippen molar-refractivity contribution < 1.29 is 4.42 Å². The lowest BCUT2D eigenvalue weighted by Crippen LogP contribution is -1.98. The third-order valence-corrected chi connectivity index (χ3v) is 3.01. The van der Waals surface area contributed by atoms with Crippen molar-refractivity contribution in [2.45, 2.75) is 0 Å². The first kappa shape index (κ1) is 11.7. The molecule has 0 aliphatic heterocycles. The van der Waals surface area contributed by atoms with Crippen molar-refractivity contribution in [1.82, 2.24) is 15.0 Å². The van der Waals surface area contributed by atoms with Crippen LogP contribution in [0.2, 0.25) is 0 Å². The van der Waals surface area contributed by atoms with Gasteiger partial charge in [-0.3, -0.25) is 0 Å². The molecule has 2 heterocycles. The van der Waals surface area contributed by atoms with Crippen LogP contribution in [0.4, 0.5) is 0 Å². The minimum Gasteiger partial charge on any atom is -0.448 e. The lowest BCUT2D eigenvalue weighted by molar-refractivity contribution is 0.551. The number of hydrogen-bond acceptors (Lipinski definition) is 4. The average Bonchev–Trinajstić information content (AvgIpc) is 3.05. The van der Waals surface area contributed by atoms with Gasteiger partial charge in [0.1, 0.15) is 11.8 Å². The molecule has 19 heavy (non-hydrogen) atoms. The Labute approximate surface area is 117 Å². The fraction of sp³-hybridized carbons (Fsp3) is 0. The molecule has 2 aromatic heterocycles. The van der Waals surface area contributed by atoms with Gasteiger partial charge in [0.2, 0.25) is 0 Å². The van der Waals surface area contributed by atoms with E-state index in [9.17, 15) is 0 Å². The molecule has 0 aliphatic carbocycles. The number of benzene rings is 1. The van der Waals surface area contributed by atoms with Gasteiger partial charge in [-0.2, -0.15) is 5.26 Å². The van der Waals surface area contributed by atoms with Crippen molar-refractivity contribution in [2.75, 3.05) is 0 Å². The molecule has 0 bridgehead atoms. The number of nitrogens with zero attached hydrogens (tertiary/aromatic N) is 4. The van der Waals surface area contributed by atoms with Crippen molar-refractivity contribution in [2.24, 2.45) is 0 Å². The van der Waals surface area contributed by atoms with Crippen LogP contribution in [0.3, 0.4) is 0 Å². The molecule has 0 fully saturated rings. The van der Waals surface area contributed by atoms with Crippen LogP contribution in [0, 0.1) is 11.3 Å². The summed E-state index contributed by atoms with van der Waals surface area (Å²) in [7, 11) is 0. The van der Waals surface area contributed by atoms with Crippen LogP contribution in [-0.2, 0) is 0 Å². The molecular formula is C13H7BrN4O. The summed E-state index contributed by atoms with van der Waals surface area (Å²) in [4.78, 5) is 0. The number of nitriles is 1. The van der Waals surface area contributed by atoms with Crippen LogP contribution in [0.25, 0.3) is 17.1 Å². The van der Waals surface area contributed by atoms with Gasteiger partial charge < -0.3 is 4.42 Å². The third kappa shape index (κ3) is 2.04. The molecule has 0 aliphatic rings. The Morgan fingerprint density at radius 1 is 1.16 bits per heavy atom. The highest BCUT2D eigenvalue weighted by Crippen LogP contribution is 2.28. The highest BCUT2D eigenvalue weighted by Gasteiger charge is 2.18. The van der Waals surface area contributed by atoms with Gasteiger partial charge in [0, 0.05) is 0 Å². The summed E-state index contributed by atoms with van der Waals surface area (Å²) >= 11 is 3.25. The number of furan rings is 1. The van der Waals surface area contributed by atoms with E-state index in [1.165, 1.54) is 0 Å². The summed E-state index contributed by atoms with van der Waals surface area (Å²) in [6, 6.07) is 15.0. The van der Waals surface area contributed by atoms with Crippen LogP contribution < -0.4 is 0 Å². The third-order valence-electron chi connectivity index (χ3n) is 2.58. The first-order valence-electron chi connectivity index (χ1n) is 5.46. The van der Waals surface area contributed by atoms with Gasteiger partial charge in [-0.05, 0) is 40.2 Å². The Bertz CT molecular complexity index is 755. The standard InChI is InChI=1S/C13H7BrN4O/c14-12-7-6-11(19-12)13-10(8-15)16-17-18(13)9-4-2-1-3-5-9/h1-7H. The second kappa shape index (κ2) is 4.71. The molecule has 0 amide bonds. The summed E-state index contributed by atoms with van der Waals surface area (Å²) in [6.45, 7) is 0. The minimum atomic E-state index is 0.228. The van der Waals surface area contributed by atoms with Gasteiger partial charge in [-0.25, -0.2) is 4.68 Å². The van der Waals surface area contributed by atoms with Crippen molar-refractivity contribution in [3.8, 4) is 23.2 Å². The summed E-state index contributed by atoms with van der Waals surface area (Å²) in [5.41, 5.74) is 1.59. The van der Waals surface area contributed by atoms with E-state index in [1.54, 1.807) is 16.8 Å². The maximum absolute atomic E-state index is 9.13. The van der Waals surface area contributed by atoms with E-state index in [4.69, 9.17) is 9.68 Å². The zero-order chi connectivity index (χ0) is 13.2. The van der Waals surface area contributed by atoms with Crippen molar-refractivity contribution >= 4 is 15.9 Å². The number of aromatic nitrogens is 3. The van der Waals surface area contributed by atoms with Gasteiger partial charge >= 0.3 is 0 Å². The molecule has 6 heteroatoms. The highest BCUT2D eigenvalue weighted by molar-refractivity contribution is 9.10. The second-order valence-corrected chi connectivity index (χ2v) is 4.53. The highest BCUT2D eigenvalue weighted by atomic mass is 79.9. The summed E-state index contributed by atoms with van der Waals surface area (Å²) in [5, 5.41) is 17.0. The van der Waals surface area contributed by atoms with Crippen molar-refractivity contribution in [3.63, 3.8) is 0 Å². The first-order valence-corrected chi connectivity index (χ1v) is 6.26. The Kier molecular flexibility index (Phi) is 2.89. The Hall–Kier alpha value is -2.39. The SMILES string of the molecule is N#Cc1nnn(-c2ccccc2)c1-c1ccc(Br)o1. The number of para-hydroxylation sites is 1. The molecule has 5 nitrogen and oxygen atoms in total. The molecule has 3 aromatic rings. The summed E-state index contributed by atoms with van der Waals surface area (Å²) in [6.07, 6.45) is 0. The van der Waals surface area contributed by atoms with Gasteiger partial charge in [-0.15, -0.1) is 5.10 Å². The predicted octanol–water partition coefficient (Wildman–Crippen LogP) is 3.16. The molecule has 0 unspecified atom stereocenters. The maximum atomic E-state index is 9.13. The molecule has 0 N–H and O–H groups in total. The second-order valence-electron chi connectivity index (χ2n) is 3.75. The average molecular weight is 315 g/mol. The molecule has 0 radical (unpaired) electrons. The largest absolute Gasteiger partial charge is 0.448 e. The molecule has 92 valence electrons. The Morgan fingerprint density at radius 2 is 1.95 bits per heavy atom. The lowest BCUT2D eigenvalue weighted by Gasteiger charge is -2.03. The molecule has 1 aromatic carbocycles. The Balaban J connectivity index is 2.23. The first-order chi connectivity index (χ1) is 9.29. The normalized spacial score (nSPS) is 10.3. The monoisotopic (exact) mass is 314 g/mol. The zero-order valence-corrected chi connectivity index (χ0v) is 11.2. The van der Waals surface area contributed by atoms with Crippen molar-refractivity contribution in [1.29, 1.82) is 5.26 Å². The quantitative estimate of drug-likeness (QED) is 0.728. The summed E-state index contributed by atoms with van der Waals surface area (Å²) < 4.78 is 7.67. The van der Waals surface area contributed by atoms with Crippen LogP contribution in [0.15, 0.2) is 51.6 Å². The van der Waals surface area contributed by atoms with E-state index >= 15 is 0 Å². The minimum absolute atomic E-state index is 0.228. The van der Waals surface area contributed by atoms with Gasteiger partial charge in [0.25, 0.3) is 0 Å². The molecule has 0 saturated heterocycles. The number of hydrogen-bond donors (Lipinski definition) is 0. The van der Waals surface area contributed by atoms with Crippen LogP contribution in [0.5, 0.6) is 0 Å². The van der Waals surface area contributed by atoms with E-state index < -0.39 is 0 Å². The van der Waals surface area contributed by atoms with E-state index in [-0.39, 0.29) is 5.69 Å². The van der Waals surface area contributed by atoms with Gasteiger partial charge in [-0.1, -0.05) is 23.4 Å².